The highest BCUT2D eigenvalue weighted by atomic mass is 32.3. The zero-order valence-corrected chi connectivity index (χ0v) is 26.2. The number of aliphatic hydroxyl groups excluding tert-OH is 3. The van der Waals surface area contributed by atoms with E-state index in [0.29, 0.717) is 10.9 Å². The maximum Gasteiger partial charge on any atom is 0.397 e. The number of aliphatic hydroxyl groups is 3. The van der Waals surface area contributed by atoms with Crippen molar-refractivity contribution in [2.45, 2.75) is 68.3 Å². The Labute approximate surface area is 269 Å². The van der Waals surface area contributed by atoms with Gasteiger partial charge in [0.2, 0.25) is 6.29 Å². The summed E-state index contributed by atoms with van der Waals surface area (Å²) in [4.78, 5) is 24.0. The van der Waals surface area contributed by atoms with Gasteiger partial charge in [-0.25, -0.2) is 18.0 Å². The van der Waals surface area contributed by atoms with Gasteiger partial charge >= 0.3 is 42.7 Å². The highest BCUT2D eigenvalue weighted by Gasteiger charge is 2.55. The molecule has 0 radical (unpaired) electrons. The topological polar surface area (TPSA) is 359 Å². The summed E-state index contributed by atoms with van der Waals surface area (Å²) in [6.45, 7) is 0.245. The smallest absolute Gasteiger partial charge is 0.397 e. The normalized spacial score (nSPS) is 31.8. The van der Waals surface area contributed by atoms with Crippen molar-refractivity contribution in [2.24, 2.45) is 0 Å². The quantitative estimate of drug-likeness (QED) is 0.0762. The van der Waals surface area contributed by atoms with Gasteiger partial charge in [-0.05, 0) is 24.6 Å². The summed E-state index contributed by atoms with van der Waals surface area (Å²) < 4.78 is 132. The average Bonchev–Trinajstić information content (AvgIpc) is 2.93. The lowest BCUT2D eigenvalue weighted by Crippen LogP contribution is -2.69. The van der Waals surface area contributed by atoms with Crippen LogP contribution in [0.4, 0.5) is 0 Å². The van der Waals surface area contributed by atoms with Gasteiger partial charge in [-0.1, -0.05) is 0 Å². The molecule has 26 heteroatoms. The molecule has 1 aromatic heterocycles. The predicted octanol–water partition coefficient (Wildman–Crippen LogP) is -3.75. The third-order valence-corrected chi connectivity index (χ3v) is 8.30. The molecule has 48 heavy (non-hydrogen) atoms. The number of carboxylic acids is 1. The van der Waals surface area contributed by atoms with E-state index in [9.17, 15) is 64.4 Å². The number of carbonyl (C=O) groups is 1. The lowest BCUT2D eigenvalue weighted by atomic mass is 9.96. The van der Waals surface area contributed by atoms with Crippen LogP contribution >= 0.6 is 0 Å². The van der Waals surface area contributed by atoms with E-state index in [1.165, 1.54) is 29.0 Å². The molecule has 0 unspecified atom stereocenters. The first-order chi connectivity index (χ1) is 22.0. The molecule has 0 aliphatic carbocycles. The lowest BCUT2D eigenvalue weighted by molar-refractivity contribution is -0.329. The molecule has 2 saturated heterocycles. The molecule has 1 aromatic carbocycles. The van der Waals surface area contributed by atoms with Crippen LogP contribution in [0.1, 0.15) is 5.56 Å². The number of aryl methyl sites for hydroxylation is 1. The van der Waals surface area contributed by atoms with Crippen LogP contribution in [-0.2, 0) is 58.5 Å². The highest BCUT2D eigenvalue weighted by Crippen LogP contribution is 2.33. The van der Waals surface area contributed by atoms with Gasteiger partial charge in [-0.3, -0.25) is 13.7 Å². The second kappa shape index (κ2) is 14.1. The zero-order chi connectivity index (χ0) is 35.9. The van der Waals surface area contributed by atoms with Crippen molar-refractivity contribution in [3.8, 4) is 5.75 Å². The van der Waals surface area contributed by atoms with E-state index in [1.807, 2.05) is 0 Å². The maximum absolute atomic E-state index is 12.2. The third kappa shape index (κ3) is 9.40. The first-order valence-electron chi connectivity index (χ1n) is 13.0. The van der Waals surface area contributed by atoms with Crippen LogP contribution in [0.25, 0.3) is 11.0 Å². The Morgan fingerprint density at radius 2 is 1.56 bits per heavy atom. The minimum absolute atomic E-state index is 0.0301. The molecule has 0 saturated carbocycles. The average molecular weight is 754 g/mol. The Morgan fingerprint density at radius 1 is 0.896 bits per heavy atom. The number of fused-ring (bicyclic) bond motifs is 1. The summed E-state index contributed by atoms with van der Waals surface area (Å²) in [7, 11) is -16.3. The van der Waals surface area contributed by atoms with Crippen LogP contribution in [0.15, 0.2) is 33.5 Å². The third-order valence-electron chi connectivity index (χ3n) is 6.83. The SMILES string of the molecule is Cc1cc(=O)oc2cc(O[C@@H]3O[C@H](C(=O)O)[C@@H](O[C@H]4O[C@H](COS(=O)(=O)O)[C@@H](O)[C@H](OS(=O)(=O)O)[C@H]4NS(=O)(=O)O)[C@H](O)[C@H]3O)ccc12. The lowest BCUT2D eigenvalue weighted by Gasteiger charge is -2.46. The molecule has 0 bridgehead atoms. The number of hydrogen-bond donors (Lipinski definition) is 8. The Balaban J connectivity index is 1.66. The fourth-order valence-corrected chi connectivity index (χ4v) is 6.24. The van der Waals surface area contributed by atoms with E-state index in [2.05, 4.69) is 8.37 Å². The van der Waals surface area contributed by atoms with E-state index >= 15 is 0 Å². The molecule has 2 fully saturated rings. The predicted molar refractivity (Wildman–Crippen MR) is 148 cm³/mol. The van der Waals surface area contributed by atoms with E-state index in [0.717, 1.165) is 0 Å². The largest absolute Gasteiger partial charge is 0.479 e. The van der Waals surface area contributed by atoms with Crippen LogP contribution in [0, 0.1) is 6.92 Å². The van der Waals surface area contributed by atoms with Gasteiger partial charge in [-0.15, -0.1) is 0 Å². The molecule has 10 atom stereocenters. The number of ether oxygens (including phenoxy) is 4. The van der Waals surface area contributed by atoms with Crippen molar-refractivity contribution in [2.75, 3.05) is 6.61 Å². The standard InChI is InChI=1S/C22H27NO22S3/c1-7-4-12(24)41-10-5-8(2-3-9(7)10)40-22-16(27)15(26)18(19(44-22)20(28)29)43-21-13(23-46(30,31)32)17(45-48(36,37)38)14(25)11(42-21)6-39-47(33,34)35/h2-5,11,13-19,21-23,25-27H,6H2,1H3,(H,28,29)(H,30,31,32)(H,33,34,35)(H,36,37,38)/t11-,13-,14-,15-,16-,17-,18+,19+,21-,22-/m1/s1. The highest BCUT2D eigenvalue weighted by molar-refractivity contribution is 7.83. The van der Waals surface area contributed by atoms with Crippen molar-refractivity contribution >= 4 is 48.0 Å². The van der Waals surface area contributed by atoms with Crippen LogP contribution in [0.5, 0.6) is 5.75 Å². The van der Waals surface area contributed by atoms with Crippen LogP contribution in [-0.4, -0.2) is 133 Å². The molecule has 2 aliphatic rings. The molecule has 8 N–H and O–H groups in total. The Kier molecular flexibility index (Phi) is 11.1. The zero-order valence-electron chi connectivity index (χ0n) is 23.8. The molecule has 23 nitrogen and oxygen atoms in total. The van der Waals surface area contributed by atoms with Gasteiger partial charge in [0.15, 0.2) is 12.4 Å². The van der Waals surface area contributed by atoms with Crippen molar-refractivity contribution in [1.29, 1.82) is 0 Å². The van der Waals surface area contributed by atoms with Gasteiger partial charge in [0.05, 0.1) is 6.61 Å². The van der Waals surface area contributed by atoms with E-state index in [1.54, 1.807) is 6.92 Å². The van der Waals surface area contributed by atoms with Crippen LogP contribution in [0.3, 0.4) is 0 Å². The molecule has 3 heterocycles. The monoisotopic (exact) mass is 753 g/mol. The number of nitrogens with one attached hydrogen (secondary N) is 1. The number of carboxylic acid groups (broad SMARTS) is 1. The van der Waals surface area contributed by atoms with Crippen LogP contribution in [0.2, 0.25) is 0 Å². The van der Waals surface area contributed by atoms with Gasteiger partial charge < -0.3 is 43.8 Å². The summed E-state index contributed by atoms with van der Waals surface area (Å²) in [5.74, 6) is -2.06. The van der Waals surface area contributed by atoms with Crippen molar-refractivity contribution in [1.82, 2.24) is 4.72 Å². The minimum Gasteiger partial charge on any atom is -0.479 e. The fourth-order valence-electron chi connectivity index (χ4n) is 4.83. The number of hydrogen-bond acceptors (Lipinski definition) is 18. The first-order valence-corrected chi connectivity index (χ1v) is 17.2. The molecule has 4 rings (SSSR count). The second-order valence-electron chi connectivity index (χ2n) is 10.2. The van der Waals surface area contributed by atoms with Gasteiger partial charge in [0.25, 0.3) is 0 Å². The summed E-state index contributed by atoms with van der Waals surface area (Å²) in [6.07, 6.45) is -20.9. The van der Waals surface area contributed by atoms with Gasteiger partial charge in [0, 0.05) is 17.5 Å². The molecular formula is C22H27NO22S3. The molecule has 0 spiro atoms. The minimum atomic E-state index is -5.61. The summed E-state index contributed by atoms with van der Waals surface area (Å²) >= 11 is 0. The maximum atomic E-state index is 12.2. The molecule has 2 aliphatic heterocycles. The van der Waals surface area contributed by atoms with Crippen molar-refractivity contribution in [3.63, 3.8) is 0 Å². The van der Waals surface area contributed by atoms with Gasteiger partial charge in [-0.2, -0.15) is 30.0 Å². The molecule has 0 amide bonds. The first kappa shape index (κ1) is 37.9. The Bertz CT molecular complexity index is 1900. The summed E-state index contributed by atoms with van der Waals surface area (Å²) in [5.41, 5.74) is -0.136. The Morgan fingerprint density at radius 3 is 2.15 bits per heavy atom. The summed E-state index contributed by atoms with van der Waals surface area (Å²) in [5, 5.41) is 42.7. The van der Waals surface area contributed by atoms with Crippen LogP contribution < -0.4 is 15.1 Å². The Hall–Kier alpha value is -2.93. The molecule has 2 aromatic rings. The van der Waals surface area contributed by atoms with Crippen molar-refractivity contribution < 1.29 is 95.9 Å². The van der Waals surface area contributed by atoms with E-state index in [4.69, 9.17) is 27.9 Å². The molecule has 270 valence electrons. The van der Waals surface area contributed by atoms with Gasteiger partial charge in [0.1, 0.15) is 54.0 Å². The summed E-state index contributed by atoms with van der Waals surface area (Å²) in [6, 6.07) is 2.73. The fraction of sp³-hybridized carbons (Fsp3) is 0.545. The second-order valence-corrected chi connectivity index (χ2v) is 13.5. The van der Waals surface area contributed by atoms with E-state index in [-0.39, 0.29) is 11.3 Å². The number of rotatable bonds is 12. The van der Waals surface area contributed by atoms with E-state index < -0.39 is 111 Å². The number of aliphatic carboxylic acids is 1. The molecular weight excluding hydrogens is 726 g/mol. The van der Waals surface area contributed by atoms with Crippen molar-refractivity contribution in [3.05, 3.63) is 40.2 Å². The number of benzene rings is 1.